The lowest BCUT2D eigenvalue weighted by atomic mass is 10.2. The second-order valence-electron chi connectivity index (χ2n) is 6.69. The number of anilines is 1. The third kappa shape index (κ3) is 6.03. The second kappa shape index (κ2) is 10.0. The number of ether oxygens (including phenoxy) is 1. The van der Waals surface area contributed by atoms with Crippen LogP contribution in [0, 0.1) is 0 Å². The predicted molar refractivity (Wildman–Crippen MR) is 113 cm³/mol. The summed E-state index contributed by atoms with van der Waals surface area (Å²) in [7, 11) is 3.92. The molecule has 3 rings (SSSR count). The van der Waals surface area contributed by atoms with Gasteiger partial charge in [0, 0.05) is 26.3 Å². The number of hydrogen-bond acceptors (Lipinski definition) is 5. The van der Waals surface area contributed by atoms with Gasteiger partial charge in [0.25, 0.3) is 0 Å². The topological polar surface area (TPSA) is 95.8 Å². The highest BCUT2D eigenvalue weighted by Crippen LogP contribution is 2.14. The summed E-state index contributed by atoms with van der Waals surface area (Å²) in [5.74, 6) is 0.705. The summed E-state index contributed by atoms with van der Waals surface area (Å²) in [6.07, 6.45) is 0. The normalized spacial score (nSPS) is 10.2. The first kappa shape index (κ1) is 20.8. The molecule has 0 radical (unpaired) electrons. The molecule has 0 aliphatic rings. The number of urea groups is 1. The summed E-state index contributed by atoms with van der Waals surface area (Å²) in [5, 5.41) is 2.67. The molecule has 0 fully saturated rings. The maximum Gasteiger partial charge on any atom is 0.333 e. The molecule has 30 heavy (non-hydrogen) atoms. The van der Waals surface area contributed by atoms with Crippen molar-refractivity contribution in [3.63, 3.8) is 0 Å². The Morgan fingerprint density at radius 1 is 0.933 bits per heavy atom. The molecule has 1 aromatic heterocycles. The Kier molecular flexibility index (Phi) is 6.94. The van der Waals surface area contributed by atoms with Gasteiger partial charge in [0.1, 0.15) is 18.1 Å². The monoisotopic (exact) mass is 408 g/mol. The van der Waals surface area contributed by atoms with Gasteiger partial charge in [-0.05, 0) is 42.0 Å². The third-order valence-corrected chi connectivity index (χ3v) is 4.21. The van der Waals surface area contributed by atoms with Crippen LogP contribution in [0.5, 0.6) is 5.75 Å². The van der Waals surface area contributed by atoms with E-state index in [0.29, 0.717) is 18.1 Å². The Bertz CT molecular complexity index is 968. The first-order valence-electron chi connectivity index (χ1n) is 9.38. The number of nitrogens with one attached hydrogen (secondary N) is 3. The van der Waals surface area contributed by atoms with Crippen molar-refractivity contribution in [3.05, 3.63) is 83.8 Å². The zero-order valence-corrected chi connectivity index (χ0v) is 16.8. The quantitative estimate of drug-likeness (QED) is 0.522. The van der Waals surface area contributed by atoms with E-state index in [4.69, 9.17) is 9.15 Å². The summed E-state index contributed by atoms with van der Waals surface area (Å²) in [6.45, 7) is 0.523. The number of benzene rings is 2. The number of carbonyl (C=O) groups excluding carboxylic acids is 2. The number of rotatable bonds is 7. The predicted octanol–water partition coefficient (Wildman–Crippen LogP) is 3.07. The number of amides is 3. The van der Waals surface area contributed by atoms with Gasteiger partial charge in [0.15, 0.2) is 5.76 Å². The highest BCUT2D eigenvalue weighted by molar-refractivity contribution is 5.92. The molecule has 8 nitrogen and oxygen atoms in total. The Balaban J connectivity index is 1.40. The SMILES string of the molecule is CN(C)c1ccc(CNC(=O)NNC(=O)c2ccc(COc3ccccc3)o2)cc1. The van der Waals surface area contributed by atoms with Crippen LogP contribution in [0.2, 0.25) is 0 Å². The zero-order valence-electron chi connectivity index (χ0n) is 16.8. The van der Waals surface area contributed by atoms with Crippen molar-refractivity contribution in [2.24, 2.45) is 0 Å². The van der Waals surface area contributed by atoms with Gasteiger partial charge in [-0.25, -0.2) is 10.2 Å². The Morgan fingerprint density at radius 3 is 2.37 bits per heavy atom. The fourth-order valence-electron chi connectivity index (χ4n) is 2.56. The molecule has 2 aromatic carbocycles. The third-order valence-electron chi connectivity index (χ3n) is 4.21. The van der Waals surface area contributed by atoms with Crippen LogP contribution >= 0.6 is 0 Å². The number of carbonyl (C=O) groups is 2. The van der Waals surface area contributed by atoms with Crippen molar-refractivity contribution in [1.82, 2.24) is 16.2 Å². The van der Waals surface area contributed by atoms with E-state index in [2.05, 4.69) is 16.2 Å². The number of nitrogens with zero attached hydrogens (tertiary/aromatic N) is 1. The van der Waals surface area contributed by atoms with E-state index in [9.17, 15) is 9.59 Å². The molecule has 0 spiro atoms. The molecule has 156 valence electrons. The van der Waals surface area contributed by atoms with Crippen LogP contribution in [0.25, 0.3) is 0 Å². The molecule has 0 saturated heterocycles. The lowest BCUT2D eigenvalue weighted by Crippen LogP contribution is -2.46. The van der Waals surface area contributed by atoms with Gasteiger partial charge >= 0.3 is 11.9 Å². The van der Waals surface area contributed by atoms with Crippen LogP contribution in [0.1, 0.15) is 21.9 Å². The van der Waals surface area contributed by atoms with Crippen molar-refractivity contribution in [2.75, 3.05) is 19.0 Å². The van der Waals surface area contributed by atoms with Crippen LogP contribution in [-0.2, 0) is 13.2 Å². The van der Waals surface area contributed by atoms with E-state index in [0.717, 1.165) is 11.3 Å². The van der Waals surface area contributed by atoms with Crippen LogP contribution < -0.4 is 25.8 Å². The largest absolute Gasteiger partial charge is 0.486 e. The molecule has 0 saturated carbocycles. The minimum absolute atomic E-state index is 0.0706. The number of para-hydroxylation sites is 1. The van der Waals surface area contributed by atoms with E-state index in [1.165, 1.54) is 6.07 Å². The van der Waals surface area contributed by atoms with Gasteiger partial charge in [-0.3, -0.25) is 10.2 Å². The van der Waals surface area contributed by atoms with Gasteiger partial charge in [0.05, 0.1) is 0 Å². The Morgan fingerprint density at radius 2 is 1.67 bits per heavy atom. The van der Waals surface area contributed by atoms with Crippen molar-refractivity contribution < 1.29 is 18.7 Å². The minimum atomic E-state index is -0.563. The molecule has 0 aliphatic heterocycles. The zero-order chi connectivity index (χ0) is 21.3. The fourth-order valence-corrected chi connectivity index (χ4v) is 2.56. The summed E-state index contributed by atoms with van der Waals surface area (Å²) in [4.78, 5) is 26.0. The van der Waals surface area contributed by atoms with Gasteiger partial charge < -0.3 is 19.4 Å². The van der Waals surface area contributed by atoms with Crippen LogP contribution in [-0.4, -0.2) is 26.0 Å². The standard InChI is InChI=1S/C22H24N4O4/c1-26(2)17-10-8-16(9-11-17)14-23-22(28)25-24-21(27)20-13-12-19(30-20)15-29-18-6-4-3-5-7-18/h3-13H,14-15H2,1-2H3,(H,24,27)(H2,23,25,28). The van der Waals surface area contributed by atoms with E-state index < -0.39 is 11.9 Å². The number of furan rings is 1. The van der Waals surface area contributed by atoms with Gasteiger partial charge in [-0.1, -0.05) is 30.3 Å². The summed E-state index contributed by atoms with van der Waals surface area (Å²) in [5.41, 5.74) is 6.62. The molecule has 0 unspecified atom stereocenters. The molecule has 3 aromatic rings. The lowest BCUT2D eigenvalue weighted by molar-refractivity contribution is 0.0904. The minimum Gasteiger partial charge on any atom is -0.486 e. The molecule has 3 N–H and O–H groups in total. The van der Waals surface area contributed by atoms with Crippen LogP contribution in [0.4, 0.5) is 10.5 Å². The fraction of sp³-hybridized carbons (Fsp3) is 0.182. The van der Waals surface area contributed by atoms with Crippen molar-refractivity contribution in [2.45, 2.75) is 13.2 Å². The van der Waals surface area contributed by atoms with E-state index in [1.54, 1.807) is 6.07 Å². The maximum atomic E-state index is 12.1. The average Bonchev–Trinajstić information content (AvgIpc) is 3.25. The van der Waals surface area contributed by atoms with Crippen LogP contribution in [0.15, 0.2) is 71.1 Å². The number of hydrazine groups is 1. The van der Waals surface area contributed by atoms with Crippen molar-refractivity contribution >= 4 is 17.6 Å². The second-order valence-corrected chi connectivity index (χ2v) is 6.69. The number of hydrogen-bond donors (Lipinski definition) is 3. The van der Waals surface area contributed by atoms with Crippen LogP contribution in [0.3, 0.4) is 0 Å². The van der Waals surface area contributed by atoms with E-state index in [-0.39, 0.29) is 12.4 Å². The lowest BCUT2D eigenvalue weighted by Gasteiger charge is -2.13. The molecule has 8 heteroatoms. The average molecular weight is 408 g/mol. The van der Waals surface area contributed by atoms with Gasteiger partial charge in [0.2, 0.25) is 0 Å². The summed E-state index contributed by atoms with van der Waals surface area (Å²) in [6, 6.07) is 19.7. The first-order valence-corrected chi connectivity index (χ1v) is 9.38. The van der Waals surface area contributed by atoms with Gasteiger partial charge in [-0.15, -0.1) is 0 Å². The first-order chi connectivity index (χ1) is 14.5. The molecule has 0 aliphatic carbocycles. The highest BCUT2D eigenvalue weighted by Gasteiger charge is 2.12. The summed E-state index contributed by atoms with van der Waals surface area (Å²) < 4.78 is 11.0. The molecule has 3 amide bonds. The van der Waals surface area contributed by atoms with E-state index >= 15 is 0 Å². The Hall–Kier alpha value is -3.94. The maximum absolute atomic E-state index is 12.1. The Labute approximate surface area is 174 Å². The highest BCUT2D eigenvalue weighted by atomic mass is 16.5. The molecular formula is C22H24N4O4. The smallest absolute Gasteiger partial charge is 0.333 e. The molecule has 1 heterocycles. The van der Waals surface area contributed by atoms with Gasteiger partial charge in [-0.2, -0.15) is 0 Å². The van der Waals surface area contributed by atoms with E-state index in [1.807, 2.05) is 73.6 Å². The molecule has 0 bridgehead atoms. The molecular weight excluding hydrogens is 384 g/mol. The van der Waals surface area contributed by atoms with Crippen molar-refractivity contribution in [1.29, 1.82) is 0 Å². The van der Waals surface area contributed by atoms with Crippen molar-refractivity contribution in [3.8, 4) is 5.75 Å². The summed E-state index contributed by atoms with van der Waals surface area (Å²) >= 11 is 0. The molecule has 0 atom stereocenters.